The number of Topliss-reactive ketones (excluding diaryl/α,β-unsaturated/α-hetero) is 1. The van der Waals surface area contributed by atoms with Crippen molar-refractivity contribution in [3.63, 3.8) is 0 Å². The zero-order valence-electron chi connectivity index (χ0n) is 8.71. The summed E-state index contributed by atoms with van der Waals surface area (Å²) < 4.78 is 42.5. The van der Waals surface area contributed by atoms with Crippen LogP contribution in [0.1, 0.15) is 5.56 Å². The number of carbonyl (C=O) groups excluding carboxylic acids is 1. The molecule has 0 amide bonds. The van der Waals surface area contributed by atoms with Gasteiger partial charge in [0.05, 0.1) is 11.1 Å². The Labute approximate surface area is 108 Å². The van der Waals surface area contributed by atoms with Crippen LogP contribution in [0.15, 0.2) is 28.2 Å². The number of alkyl halides is 3. The molecule has 0 unspecified atom stereocenters. The molecule has 0 fully saturated rings. The number of ketones is 1. The lowest BCUT2D eigenvalue weighted by molar-refractivity contribution is -0.167. The van der Waals surface area contributed by atoms with Crippen molar-refractivity contribution in [2.24, 2.45) is 0 Å². The highest BCUT2D eigenvalue weighted by Gasteiger charge is 2.43. The van der Waals surface area contributed by atoms with Crippen LogP contribution in [0.4, 0.5) is 13.2 Å². The van der Waals surface area contributed by atoms with Crippen molar-refractivity contribution < 1.29 is 27.8 Å². The van der Waals surface area contributed by atoms with Crippen molar-refractivity contribution in [2.75, 3.05) is 6.61 Å². The standard InChI is InChI=1S/C11H6BrF3O3/c12-5-1-2-8-6(3-5)9(16)7(4-18-8)10(17)11(13,14)15/h1-3,16H,4H2. The molecule has 2 rings (SSSR count). The van der Waals surface area contributed by atoms with Crippen LogP contribution in [0, 0.1) is 0 Å². The minimum Gasteiger partial charge on any atom is -0.507 e. The molecule has 1 aliphatic heterocycles. The molecular formula is C11H6BrF3O3. The second-order valence-electron chi connectivity index (χ2n) is 3.58. The Morgan fingerprint density at radius 3 is 2.67 bits per heavy atom. The van der Waals surface area contributed by atoms with Gasteiger partial charge in [-0.3, -0.25) is 4.79 Å². The van der Waals surface area contributed by atoms with E-state index in [-0.39, 0.29) is 11.3 Å². The zero-order chi connectivity index (χ0) is 13.5. The molecule has 1 aliphatic rings. The summed E-state index contributed by atoms with van der Waals surface area (Å²) in [7, 11) is 0. The lowest BCUT2D eigenvalue weighted by Crippen LogP contribution is -2.29. The summed E-state index contributed by atoms with van der Waals surface area (Å²) in [5.74, 6) is -2.56. The SMILES string of the molecule is O=C(C1=C(O)c2cc(Br)ccc2OC1)C(F)(F)F. The Balaban J connectivity index is 2.52. The summed E-state index contributed by atoms with van der Waals surface area (Å²) >= 11 is 3.12. The molecule has 0 spiro atoms. The number of ether oxygens (including phenoxy) is 1. The fraction of sp³-hybridized carbons (Fsp3) is 0.182. The lowest BCUT2D eigenvalue weighted by atomic mass is 10.0. The second-order valence-corrected chi connectivity index (χ2v) is 4.50. The molecule has 0 aliphatic carbocycles. The van der Waals surface area contributed by atoms with Crippen LogP contribution in [-0.2, 0) is 4.79 Å². The van der Waals surface area contributed by atoms with Gasteiger partial charge in [-0.2, -0.15) is 13.2 Å². The van der Waals surface area contributed by atoms with E-state index in [0.29, 0.717) is 4.47 Å². The molecule has 7 heteroatoms. The summed E-state index contributed by atoms with van der Waals surface area (Å²) in [4.78, 5) is 11.1. The predicted molar refractivity (Wildman–Crippen MR) is 60.2 cm³/mol. The number of halogens is 4. The van der Waals surface area contributed by atoms with Crippen molar-refractivity contribution >= 4 is 27.5 Å². The molecule has 1 aromatic carbocycles. The third kappa shape index (κ3) is 2.22. The van der Waals surface area contributed by atoms with Crippen molar-refractivity contribution in [3.8, 4) is 5.75 Å². The van der Waals surface area contributed by atoms with E-state index in [1.165, 1.54) is 12.1 Å². The van der Waals surface area contributed by atoms with Gasteiger partial charge in [0.2, 0.25) is 0 Å². The van der Waals surface area contributed by atoms with Gasteiger partial charge in [-0.25, -0.2) is 0 Å². The zero-order valence-corrected chi connectivity index (χ0v) is 10.3. The van der Waals surface area contributed by atoms with Crippen LogP contribution < -0.4 is 4.74 Å². The first-order valence-corrected chi connectivity index (χ1v) is 5.56. The minimum atomic E-state index is -5.03. The number of benzene rings is 1. The average molecular weight is 323 g/mol. The van der Waals surface area contributed by atoms with Gasteiger partial charge in [0, 0.05) is 4.47 Å². The second kappa shape index (κ2) is 4.31. The molecule has 1 N–H and O–H groups in total. The number of rotatable bonds is 1. The summed E-state index contributed by atoms with van der Waals surface area (Å²) in [6.07, 6.45) is -5.03. The van der Waals surface area contributed by atoms with Gasteiger partial charge in [0.15, 0.2) is 0 Å². The van der Waals surface area contributed by atoms with E-state index in [1.807, 2.05) is 0 Å². The summed E-state index contributed by atoms with van der Waals surface area (Å²) in [6.45, 7) is -0.598. The third-order valence-electron chi connectivity index (χ3n) is 2.39. The highest BCUT2D eigenvalue weighted by Crippen LogP contribution is 2.35. The van der Waals surface area contributed by atoms with Crippen LogP contribution in [0.2, 0.25) is 0 Å². The Kier molecular flexibility index (Phi) is 3.10. The highest BCUT2D eigenvalue weighted by atomic mass is 79.9. The molecule has 3 nitrogen and oxygen atoms in total. The molecule has 0 bridgehead atoms. The smallest absolute Gasteiger partial charge is 0.454 e. The maximum atomic E-state index is 12.3. The van der Waals surface area contributed by atoms with Gasteiger partial charge in [-0.15, -0.1) is 0 Å². The summed E-state index contributed by atoms with van der Waals surface area (Å²) in [6, 6.07) is 4.49. The van der Waals surface area contributed by atoms with Crippen molar-refractivity contribution in [2.45, 2.75) is 6.18 Å². The monoisotopic (exact) mass is 322 g/mol. The fourth-order valence-corrected chi connectivity index (χ4v) is 1.90. The van der Waals surface area contributed by atoms with Crippen LogP contribution in [0.5, 0.6) is 5.75 Å². The largest absolute Gasteiger partial charge is 0.507 e. The molecule has 0 aromatic heterocycles. The summed E-state index contributed by atoms with van der Waals surface area (Å²) in [5, 5.41) is 9.74. The molecule has 1 aromatic rings. The first-order valence-electron chi connectivity index (χ1n) is 4.77. The molecule has 18 heavy (non-hydrogen) atoms. The van der Waals surface area contributed by atoms with Crippen molar-refractivity contribution in [1.29, 1.82) is 0 Å². The highest BCUT2D eigenvalue weighted by molar-refractivity contribution is 9.10. The normalized spacial score (nSPS) is 15.1. The topological polar surface area (TPSA) is 46.5 Å². The molecule has 0 radical (unpaired) electrons. The van der Waals surface area contributed by atoms with Crippen molar-refractivity contribution in [3.05, 3.63) is 33.8 Å². The number of hydrogen-bond donors (Lipinski definition) is 1. The number of carbonyl (C=O) groups is 1. The van der Waals surface area contributed by atoms with E-state index in [0.717, 1.165) is 0 Å². The Bertz CT molecular complexity index is 549. The molecule has 0 atom stereocenters. The molecule has 0 saturated carbocycles. The predicted octanol–water partition coefficient (Wildman–Crippen LogP) is 3.24. The van der Waals surface area contributed by atoms with Crippen LogP contribution in [-0.4, -0.2) is 23.7 Å². The van der Waals surface area contributed by atoms with E-state index in [2.05, 4.69) is 15.9 Å². The average Bonchev–Trinajstić information content (AvgIpc) is 2.28. The Morgan fingerprint density at radius 2 is 2.06 bits per heavy atom. The van der Waals surface area contributed by atoms with E-state index < -0.39 is 29.9 Å². The molecule has 0 saturated heterocycles. The van der Waals surface area contributed by atoms with Crippen LogP contribution in [0.3, 0.4) is 0 Å². The van der Waals surface area contributed by atoms with Crippen molar-refractivity contribution in [1.82, 2.24) is 0 Å². The molecular weight excluding hydrogens is 317 g/mol. The third-order valence-corrected chi connectivity index (χ3v) is 2.88. The van der Waals surface area contributed by atoms with Gasteiger partial charge in [0.1, 0.15) is 18.1 Å². The Hall–Kier alpha value is -1.50. The van der Waals surface area contributed by atoms with Gasteiger partial charge in [-0.1, -0.05) is 15.9 Å². The minimum absolute atomic E-state index is 0.0585. The van der Waals surface area contributed by atoms with E-state index in [1.54, 1.807) is 6.07 Å². The maximum absolute atomic E-state index is 12.3. The first-order chi connectivity index (χ1) is 8.30. The fourth-order valence-electron chi connectivity index (χ4n) is 1.54. The van der Waals surface area contributed by atoms with E-state index in [4.69, 9.17) is 4.74 Å². The lowest BCUT2D eigenvalue weighted by Gasteiger charge is -2.20. The molecule has 96 valence electrons. The molecule has 1 heterocycles. The number of aliphatic hydroxyl groups is 1. The summed E-state index contributed by atoms with van der Waals surface area (Å²) in [5.41, 5.74) is -0.726. The quantitative estimate of drug-likeness (QED) is 0.863. The number of fused-ring (bicyclic) bond motifs is 1. The van der Waals surface area contributed by atoms with Gasteiger partial charge in [0.25, 0.3) is 5.78 Å². The van der Waals surface area contributed by atoms with Gasteiger partial charge in [-0.05, 0) is 18.2 Å². The maximum Gasteiger partial charge on any atom is 0.454 e. The van der Waals surface area contributed by atoms with Gasteiger partial charge < -0.3 is 9.84 Å². The number of aliphatic hydroxyl groups excluding tert-OH is 1. The van der Waals surface area contributed by atoms with Crippen LogP contribution in [0.25, 0.3) is 5.76 Å². The van der Waals surface area contributed by atoms with Gasteiger partial charge >= 0.3 is 6.18 Å². The van der Waals surface area contributed by atoms with E-state index >= 15 is 0 Å². The Morgan fingerprint density at radius 1 is 1.39 bits per heavy atom. The number of hydrogen-bond acceptors (Lipinski definition) is 3. The van der Waals surface area contributed by atoms with Crippen LogP contribution >= 0.6 is 15.9 Å². The first kappa shape index (κ1) is 12.9. The van der Waals surface area contributed by atoms with E-state index in [9.17, 15) is 23.1 Å².